The lowest BCUT2D eigenvalue weighted by Gasteiger charge is -2.27. The van der Waals surface area contributed by atoms with Crippen LogP contribution in [0.1, 0.15) is 49.1 Å². The van der Waals surface area contributed by atoms with Crippen molar-refractivity contribution in [3.05, 3.63) is 59.7 Å². The van der Waals surface area contributed by atoms with Gasteiger partial charge in [0, 0.05) is 18.9 Å². The van der Waals surface area contributed by atoms with Crippen molar-refractivity contribution in [2.45, 2.75) is 50.0 Å². The first-order valence-electron chi connectivity index (χ1n) is 11.8. The minimum atomic E-state index is -3.82. The molecule has 1 fully saturated rings. The maximum Gasteiger partial charge on any atom is 0.407 e. The van der Waals surface area contributed by atoms with Gasteiger partial charge in [-0.2, -0.15) is 8.78 Å². The number of unbranched alkanes of at least 4 members (excludes halogenated alkanes) is 1. The van der Waals surface area contributed by atoms with Crippen LogP contribution in [0.2, 0.25) is 0 Å². The Bertz CT molecular complexity index is 1060. The fourth-order valence-electron chi connectivity index (χ4n) is 4.56. The number of carboxylic acids is 1. The molecule has 2 aliphatic rings. The Balaban J connectivity index is 1.35. The summed E-state index contributed by atoms with van der Waals surface area (Å²) in [5.41, 5.74) is 4.12. The Morgan fingerprint density at radius 2 is 1.60 bits per heavy atom. The first kappa shape index (κ1) is 24.6. The van der Waals surface area contributed by atoms with Crippen molar-refractivity contribution in [2.24, 2.45) is 5.92 Å². The van der Waals surface area contributed by atoms with E-state index in [4.69, 9.17) is 9.84 Å². The molecular formula is C26H28F2N2O5. The van der Waals surface area contributed by atoms with Gasteiger partial charge in [0.1, 0.15) is 12.6 Å². The van der Waals surface area contributed by atoms with Gasteiger partial charge in [-0.25, -0.2) is 4.79 Å². The van der Waals surface area contributed by atoms with Crippen LogP contribution in [0, 0.1) is 5.92 Å². The highest BCUT2D eigenvalue weighted by atomic mass is 19.3. The molecule has 9 heteroatoms. The Kier molecular flexibility index (Phi) is 7.33. The molecule has 1 unspecified atom stereocenters. The number of aliphatic carboxylic acids is 1. The van der Waals surface area contributed by atoms with Crippen molar-refractivity contribution < 1.29 is 33.0 Å². The fraction of sp³-hybridized carbons (Fsp3) is 0.423. The Hall–Kier alpha value is -3.49. The number of carboxylic acid groups (broad SMARTS) is 1. The van der Waals surface area contributed by atoms with E-state index < -0.39 is 35.9 Å². The van der Waals surface area contributed by atoms with Gasteiger partial charge in [0.15, 0.2) is 0 Å². The van der Waals surface area contributed by atoms with Crippen molar-refractivity contribution >= 4 is 18.0 Å². The van der Waals surface area contributed by atoms with Crippen molar-refractivity contribution in [3.8, 4) is 11.1 Å². The third kappa shape index (κ3) is 5.61. The number of halogens is 2. The Morgan fingerprint density at radius 3 is 2.17 bits per heavy atom. The highest BCUT2D eigenvalue weighted by Gasteiger charge is 2.54. The third-order valence-electron chi connectivity index (χ3n) is 6.51. The molecule has 1 saturated carbocycles. The van der Waals surface area contributed by atoms with Gasteiger partial charge in [-0.05, 0) is 53.9 Å². The molecule has 2 aliphatic carbocycles. The number of fused-ring (bicyclic) bond motifs is 3. The third-order valence-corrected chi connectivity index (χ3v) is 6.51. The lowest BCUT2D eigenvalue weighted by atomic mass is 9.98. The van der Waals surface area contributed by atoms with Gasteiger partial charge >= 0.3 is 18.0 Å². The highest BCUT2D eigenvalue weighted by molar-refractivity contribution is 5.85. The summed E-state index contributed by atoms with van der Waals surface area (Å²) in [4.78, 5) is 35.3. The predicted molar refractivity (Wildman–Crippen MR) is 124 cm³/mol. The Labute approximate surface area is 201 Å². The van der Waals surface area contributed by atoms with Crippen molar-refractivity contribution in [2.75, 3.05) is 13.2 Å². The van der Waals surface area contributed by atoms with Crippen molar-refractivity contribution in [1.29, 1.82) is 0 Å². The molecule has 2 aromatic rings. The number of alkyl carbamates (subject to hydrolysis) is 1. The average molecular weight is 487 g/mol. The number of hydrogen-bond donors (Lipinski definition) is 3. The molecule has 4 rings (SSSR count). The second-order valence-electron chi connectivity index (χ2n) is 9.01. The van der Waals surface area contributed by atoms with E-state index in [9.17, 15) is 23.2 Å². The van der Waals surface area contributed by atoms with E-state index in [0.717, 1.165) is 22.3 Å². The topological polar surface area (TPSA) is 105 Å². The fourth-order valence-corrected chi connectivity index (χ4v) is 4.56. The maximum absolute atomic E-state index is 14.9. The first-order chi connectivity index (χ1) is 16.8. The first-order valence-corrected chi connectivity index (χ1v) is 11.8. The molecule has 0 bridgehead atoms. The van der Waals surface area contributed by atoms with Crippen LogP contribution in [0.4, 0.5) is 13.6 Å². The lowest BCUT2D eigenvalue weighted by molar-refractivity contribution is -0.150. The van der Waals surface area contributed by atoms with Gasteiger partial charge < -0.3 is 20.5 Å². The quantitative estimate of drug-likeness (QED) is 0.411. The number of carbonyl (C=O) groups excluding carboxylic acids is 2. The number of alkyl halides is 2. The van der Waals surface area contributed by atoms with Gasteiger partial charge in [-0.15, -0.1) is 0 Å². The molecule has 1 atom stereocenters. The molecule has 186 valence electrons. The molecule has 2 aromatic carbocycles. The number of hydrogen-bond acceptors (Lipinski definition) is 4. The minimum Gasteiger partial charge on any atom is -0.481 e. The normalized spacial score (nSPS) is 15.6. The summed E-state index contributed by atoms with van der Waals surface area (Å²) < 4.78 is 35.2. The molecule has 35 heavy (non-hydrogen) atoms. The highest BCUT2D eigenvalue weighted by Crippen LogP contribution is 2.44. The molecular weight excluding hydrogens is 458 g/mol. The number of nitrogens with one attached hydrogen (secondary N) is 2. The zero-order chi connectivity index (χ0) is 25.0. The number of benzene rings is 2. The minimum absolute atomic E-state index is 0.0153. The molecule has 0 aromatic heterocycles. The summed E-state index contributed by atoms with van der Waals surface area (Å²) in [5.74, 6) is -7.00. The second-order valence-corrected chi connectivity index (χ2v) is 9.01. The van der Waals surface area contributed by atoms with Crippen molar-refractivity contribution in [3.63, 3.8) is 0 Å². The average Bonchev–Trinajstić information content (AvgIpc) is 3.63. The predicted octanol–water partition coefficient (Wildman–Crippen LogP) is 4.31. The summed E-state index contributed by atoms with van der Waals surface area (Å²) in [6.45, 7) is -0.0807. The van der Waals surface area contributed by atoms with E-state index in [1.54, 1.807) is 0 Å². The van der Waals surface area contributed by atoms with Gasteiger partial charge in [-0.1, -0.05) is 48.5 Å². The summed E-state index contributed by atoms with van der Waals surface area (Å²) in [6, 6.07) is 13.9. The number of amides is 2. The van der Waals surface area contributed by atoms with Crippen LogP contribution in [0.25, 0.3) is 11.1 Å². The number of rotatable bonds is 11. The molecule has 3 N–H and O–H groups in total. The molecule has 0 spiro atoms. The zero-order valence-electron chi connectivity index (χ0n) is 19.1. The molecule has 0 aliphatic heterocycles. The Morgan fingerprint density at radius 1 is 1.00 bits per heavy atom. The van der Waals surface area contributed by atoms with Crippen LogP contribution in [-0.4, -0.2) is 48.2 Å². The van der Waals surface area contributed by atoms with E-state index in [1.807, 2.05) is 48.5 Å². The molecule has 0 radical (unpaired) electrons. The van der Waals surface area contributed by atoms with Gasteiger partial charge in [0.2, 0.25) is 0 Å². The molecule has 2 amide bonds. The zero-order valence-corrected chi connectivity index (χ0v) is 19.1. The van der Waals surface area contributed by atoms with E-state index in [1.165, 1.54) is 0 Å². The standard InChI is InChI=1S/C26H28F2N2O5/c27-26(28,24(33)29-14-6-5-11-22(31)32)23(16-12-13-16)30-25(34)35-15-21-19-9-3-1-7-17(19)18-8-2-4-10-20(18)21/h1-4,7-10,16,21,23H,5-6,11-15H2,(H,29,33)(H,30,34)(H,31,32). The van der Waals surface area contributed by atoms with Crippen LogP contribution >= 0.6 is 0 Å². The van der Waals surface area contributed by atoms with Crippen LogP contribution in [-0.2, 0) is 14.3 Å². The van der Waals surface area contributed by atoms with E-state index in [2.05, 4.69) is 10.6 Å². The smallest absolute Gasteiger partial charge is 0.407 e. The molecule has 0 heterocycles. The SMILES string of the molecule is O=C(O)CCCCNC(=O)C(F)(F)C(NC(=O)OCC1c2ccccc2-c2ccccc21)C1CC1. The van der Waals surface area contributed by atoms with Crippen LogP contribution in [0.3, 0.4) is 0 Å². The summed E-state index contributed by atoms with van der Waals surface area (Å²) in [7, 11) is 0. The summed E-state index contributed by atoms with van der Waals surface area (Å²) in [6.07, 6.45) is 0.414. The van der Waals surface area contributed by atoms with Gasteiger partial charge in [0.25, 0.3) is 5.91 Å². The van der Waals surface area contributed by atoms with Gasteiger partial charge in [0.05, 0.1) is 0 Å². The number of ether oxygens (including phenoxy) is 1. The molecule has 7 nitrogen and oxygen atoms in total. The van der Waals surface area contributed by atoms with E-state index >= 15 is 0 Å². The van der Waals surface area contributed by atoms with E-state index in [0.29, 0.717) is 12.8 Å². The van der Waals surface area contributed by atoms with Crippen LogP contribution < -0.4 is 10.6 Å². The number of carbonyl (C=O) groups is 3. The molecule has 0 saturated heterocycles. The van der Waals surface area contributed by atoms with Gasteiger partial charge in [-0.3, -0.25) is 9.59 Å². The monoisotopic (exact) mass is 486 g/mol. The largest absolute Gasteiger partial charge is 0.481 e. The second kappa shape index (κ2) is 10.4. The van der Waals surface area contributed by atoms with Crippen LogP contribution in [0.5, 0.6) is 0 Å². The lowest BCUT2D eigenvalue weighted by Crippen LogP contribution is -2.57. The summed E-state index contributed by atoms with van der Waals surface area (Å²) in [5, 5.41) is 13.0. The summed E-state index contributed by atoms with van der Waals surface area (Å²) >= 11 is 0. The van der Waals surface area contributed by atoms with Crippen molar-refractivity contribution in [1.82, 2.24) is 10.6 Å². The van der Waals surface area contributed by atoms with Crippen LogP contribution in [0.15, 0.2) is 48.5 Å². The van der Waals surface area contributed by atoms with E-state index in [-0.39, 0.29) is 38.3 Å². The maximum atomic E-state index is 14.9.